The molecule has 3 nitrogen and oxygen atoms in total. The molecular formula is C8H18MnO3PS+. The second kappa shape index (κ2) is 10.6. The van der Waals surface area contributed by atoms with Crippen LogP contribution in [0, 0.1) is 0 Å². The van der Waals surface area contributed by atoms with E-state index in [0.29, 0.717) is 13.2 Å². The maximum Gasteiger partial charge on any atom is 2.00 e. The summed E-state index contributed by atoms with van der Waals surface area (Å²) in [6, 6.07) is 0. The fourth-order valence-corrected chi connectivity index (χ4v) is 1.91. The second-order valence-corrected chi connectivity index (χ2v) is 5.57. The molecule has 0 saturated carbocycles. The minimum Gasteiger partial charge on any atom is -0.780 e. The zero-order valence-corrected chi connectivity index (χ0v) is 11.6. The summed E-state index contributed by atoms with van der Waals surface area (Å²) in [5, 5.41) is 0. The SMILES string of the molecule is CCCCOP([O-])(=S)OCCCC.[Mn+2]. The first-order valence-electron chi connectivity index (χ1n) is 4.72. The molecule has 0 heterocycles. The minimum atomic E-state index is -3.17. The fraction of sp³-hybridized carbons (Fsp3) is 1.00. The molecule has 85 valence electrons. The number of hydrogen-bond donors (Lipinski definition) is 0. The Morgan fingerprint density at radius 2 is 1.43 bits per heavy atom. The van der Waals surface area contributed by atoms with E-state index < -0.39 is 6.72 Å². The van der Waals surface area contributed by atoms with Gasteiger partial charge in [0.25, 0.3) is 0 Å². The fourth-order valence-electron chi connectivity index (χ4n) is 0.679. The summed E-state index contributed by atoms with van der Waals surface area (Å²) >= 11 is 4.68. The Labute approximate surface area is 102 Å². The molecule has 6 heteroatoms. The number of rotatable bonds is 8. The molecule has 0 N–H and O–H groups in total. The Morgan fingerprint density at radius 3 is 1.71 bits per heavy atom. The minimum absolute atomic E-state index is 0. The van der Waals surface area contributed by atoms with Gasteiger partial charge in [-0.25, -0.2) is 0 Å². The molecule has 0 aliphatic carbocycles. The summed E-state index contributed by atoms with van der Waals surface area (Å²) in [5.41, 5.74) is 0. The van der Waals surface area contributed by atoms with Gasteiger partial charge in [-0.3, -0.25) is 0 Å². The van der Waals surface area contributed by atoms with Gasteiger partial charge in [0.05, 0.1) is 13.2 Å². The van der Waals surface area contributed by atoms with Crippen molar-refractivity contribution in [2.24, 2.45) is 0 Å². The molecule has 0 aromatic rings. The van der Waals surface area contributed by atoms with Crippen molar-refractivity contribution in [1.29, 1.82) is 0 Å². The van der Waals surface area contributed by atoms with E-state index in [0.717, 1.165) is 25.7 Å². The Balaban J connectivity index is 0. The average molecular weight is 280 g/mol. The topological polar surface area (TPSA) is 41.5 Å². The van der Waals surface area contributed by atoms with E-state index in [4.69, 9.17) is 9.05 Å². The maximum atomic E-state index is 11.3. The molecule has 1 radical (unpaired) electrons. The van der Waals surface area contributed by atoms with E-state index in [1.54, 1.807) is 0 Å². The Morgan fingerprint density at radius 1 is 1.07 bits per heavy atom. The van der Waals surface area contributed by atoms with Crippen LogP contribution in [0.25, 0.3) is 0 Å². The number of unbranched alkanes of at least 4 members (excludes halogenated alkanes) is 2. The first-order valence-corrected chi connectivity index (χ1v) is 7.28. The van der Waals surface area contributed by atoms with Crippen LogP contribution < -0.4 is 4.89 Å². The van der Waals surface area contributed by atoms with Crippen molar-refractivity contribution in [2.45, 2.75) is 39.5 Å². The van der Waals surface area contributed by atoms with Crippen molar-refractivity contribution in [3.05, 3.63) is 0 Å². The van der Waals surface area contributed by atoms with E-state index in [1.807, 2.05) is 13.8 Å². The predicted molar refractivity (Wildman–Crippen MR) is 56.0 cm³/mol. The Bertz CT molecular complexity index is 155. The molecule has 0 amide bonds. The van der Waals surface area contributed by atoms with Crippen molar-refractivity contribution >= 4 is 18.5 Å². The van der Waals surface area contributed by atoms with Gasteiger partial charge >= 0.3 is 17.1 Å². The summed E-state index contributed by atoms with van der Waals surface area (Å²) in [5.74, 6) is 0. The summed E-state index contributed by atoms with van der Waals surface area (Å²) in [4.78, 5) is 11.3. The predicted octanol–water partition coefficient (Wildman–Crippen LogP) is 2.20. The van der Waals surface area contributed by atoms with Crippen molar-refractivity contribution in [3.63, 3.8) is 0 Å². The smallest absolute Gasteiger partial charge is 0.780 e. The molecule has 0 bridgehead atoms. The van der Waals surface area contributed by atoms with Gasteiger partial charge in [-0.1, -0.05) is 38.5 Å². The molecule has 14 heavy (non-hydrogen) atoms. The standard InChI is InChI=1S/C8H19O3PS.Mn/c1-3-5-7-10-12(9,13)11-8-6-4-2;/h3-8H2,1-2H3,(H,9,13);/q;+2/p-1. The van der Waals surface area contributed by atoms with E-state index in [2.05, 4.69) is 11.8 Å². The number of hydrogen-bond acceptors (Lipinski definition) is 4. The van der Waals surface area contributed by atoms with Gasteiger partial charge in [0.1, 0.15) is 6.72 Å². The van der Waals surface area contributed by atoms with E-state index in [1.165, 1.54) is 0 Å². The summed E-state index contributed by atoms with van der Waals surface area (Å²) in [6.07, 6.45) is 3.75. The molecule has 0 aromatic heterocycles. The van der Waals surface area contributed by atoms with Crippen LogP contribution in [0.3, 0.4) is 0 Å². The summed E-state index contributed by atoms with van der Waals surface area (Å²) in [7, 11) is 0. The van der Waals surface area contributed by atoms with Crippen LogP contribution in [0.1, 0.15) is 39.5 Å². The van der Waals surface area contributed by atoms with Gasteiger partial charge in [-0.15, -0.1) is 0 Å². The van der Waals surface area contributed by atoms with Crippen molar-refractivity contribution in [3.8, 4) is 0 Å². The second-order valence-electron chi connectivity index (χ2n) is 2.82. The van der Waals surface area contributed by atoms with E-state index in [-0.39, 0.29) is 17.1 Å². The monoisotopic (exact) mass is 280 g/mol. The zero-order chi connectivity index (χ0) is 10.2. The van der Waals surface area contributed by atoms with Crippen LogP contribution in [0.2, 0.25) is 0 Å². The third-order valence-corrected chi connectivity index (χ3v) is 3.12. The molecule has 0 unspecified atom stereocenters. The third kappa shape index (κ3) is 11.1. The van der Waals surface area contributed by atoms with E-state index >= 15 is 0 Å². The van der Waals surface area contributed by atoms with Gasteiger partial charge < -0.3 is 13.9 Å². The average Bonchev–Trinajstić information content (AvgIpc) is 2.05. The van der Waals surface area contributed by atoms with Crippen molar-refractivity contribution in [1.82, 2.24) is 0 Å². The molecule has 0 atom stereocenters. The normalized spacial score (nSPS) is 11.1. The maximum absolute atomic E-state index is 11.3. The van der Waals surface area contributed by atoms with E-state index in [9.17, 15) is 4.89 Å². The van der Waals surface area contributed by atoms with Crippen LogP contribution >= 0.6 is 6.72 Å². The van der Waals surface area contributed by atoms with Crippen molar-refractivity contribution < 1.29 is 31.0 Å². The molecule has 0 fully saturated rings. The van der Waals surface area contributed by atoms with Gasteiger partial charge in [0.15, 0.2) is 0 Å². The zero-order valence-electron chi connectivity index (χ0n) is 8.70. The van der Waals surface area contributed by atoms with Crippen LogP contribution in [0.4, 0.5) is 0 Å². The quantitative estimate of drug-likeness (QED) is 0.388. The van der Waals surface area contributed by atoms with Gasteiger partial charge in [0.2, 0.25) is 0 Å². The Kier molecular flexibility index (Phi) is 13.2. The first-order chi connectivity index (χ1) is 6.12. The van der Waals surface area contributed by atoms with Crippen LogP contribution in [0.15, 0.2) is 0 Å². The summed E-state index contributed by atoms with van der Waals surface area (Å²) in [6.45, 7) is 1.77. The van der Waals surface area contributed by atoms with Crippen LogP contribution in [0.5, 0.6) is 0 Å². The molecule has 0 rings (SSSR count). The molecule has 0 saturated heterocycles. The van der Waals surface area contributed by atoms with Crippen LogP contribution in [-0.2, 0) is 37.9 Å². The van der Waals surface area contributed by atoms with Crippen LogP contribution in [-0.4, -0.2) is 13.2 Å². The van der Waals surface area contributed by atoms with Crippen molar-refractivity contribution in [2.75, 3.05) is 13.2 Å². The molecule has 0 aromatic carbocycles. The molecule has 0 aliphatic rings. The molecular weight excluding hydrogens is 262 g/mol. The first kappa shape index (κ1) is 17.4. The van der Waals surface area contributed by atoms with Gasteiger partial charge in [-0.05, 0) is 12.8 Å². The van der Waals surface area contributed by atoms with Gasteiger partial charge in [-0.2, -0.15) is 0 Å². The van der Waals surface area contributed by atoms with Gasteiger partial charge in [0, 0.05) is 0 Å². The Hall–Kier alpha value is 1.05. The molecule has 0 aliphatic heterocycles. The third-order valence-electron chi connectivity index (χ3n) is 1.49. The largest absolute Gasteiger partial charge is 2.00 e. The molecule has 0 spiro atoms. The summed E-state index contributed by atoms with van der Waals surface area (Å²) < 4.78 is 9.93.